The van der Waals surface area contributed by atoms with Crippen molar-refractivity contribution in [3.05, 3.63) is 83.1 Å². The summed E-state index contributed by atoms with van der Waals surface area (Å²) in [4.78, 5) is 17.7. The second kappa shape index (κ2) is 8.67. The fourth-order valence-electron chi connectivity index (χ4n) is 4.23. The van der Waals surface area contributed by atoms with Crippen molar-refractivity contribution in [3.63, 3.8) is 0 Å². The predicted molar refractivity (Wildman–Crippen MR) is 126 cm³/mol. The van der Waals surface area contributed by atoms with Crippen LogP contribution in [-0.2, 0) is 6.54 Å². The topological polar surface area (TPSA) is 37.7 Å². The number of methoxy groups -OCH3 is 1. The molecule has 4 aromatic rings. The molecule has 1 saturated heterocycles. The van der Waals surface area contributed by atoms with E-state index in [0.29, 0.717) is 25.3 Å². The summed E-state index contributed by atoms with van der Waals surface area (Å²) in [7, 11) is 1.67. The van der Waals surface area contributed by atoms with E-state index >= 15 is 0 Å². The zero-order chi connectivity index (χ0) is 22.1. The molecule has 5 rings (SSSR count). The number of nitrogens with zero attached hydrogens (tertiary/aromatic N) is 3. The Labute approximate surface area is 190 Å². The highest BCUT2D eigenvalue weighted by atomic mass is 32.1. The Balaban J connectivity index is 1.35. The van der Waals surface area contributed by atoms with Crippen LogP contribution in [0.15, 0.2) is 66.0 Å². The van der Waals surface area contributed by atoms with E-state index < -0.39 is 0 Å². The lowest BCUT2D eigenvalue weighted by atomic mass is 10.2. The van der Waals surface area contributed by atoms with Crippen molar-refractivity contribution >= 4 is 33.1 Å². The molecule has 1 fully saturated rings. The first kappa shape index (κ1) is 20.6. The average molecular weight is 450 g/mol. The van der Waals surface area contributed by atoms with Crippen LogP contribution < -0.4 is 9.64 Å². The lowest BCUT2D eigenvalue weighted by Crippen LogP contribution is -2.49. The molecule has 5 nitrogen and oxygen atoms in total. The van der Waals surface area contributed by atoms with Gasteiger partial charge in [0.25, 0.3) is 5.91 Å². The molecule has 0 aliphatic carbocycles. The maximum absolute atomic E-state index is 13.5. The Kier molecular flexibility index (Phi) is 5.57. The Morgan fingerprint density at radius 3 is 2.56 bits per heavy atom. The summed E-state index contributed by atoms with van der Waals surface area (Å²) < 4.78 is 21.8. The molecule has 32 heavy (non-hydrogen) atoms. The number of amides is 1. The molecule has 0 bridgehead atoms. The van der Waals surface area contributed by atoms with Gasteiger partial charge in [0.2, 0.25) is 0 Å². The first-order chi connectivity index (χ1) is 15.6. The van der Waals surface area contributed by atoms with Crippen molar-refractivity contribution in [2.24, 2.45) is 0 Å². The lowest BCUT2D eigenvalue weighted by molar-refractivity contribution is 0.0737. The van der Waals surface area contributed by atoms with E-state index in [1.54, 1.807) is 30.6 Å². The molecule has 0 unspecified atom stereocenters. The third-order valence-corrected chi connectivity index (χ3v) is 6.83. The van der Waals surface area contributed by atoms with Crippen molar-refractivity contribution in [1.82, 2.24) is 9.47 Å². The third-order valence-electron chi connectivity index (χ3n) is 5.98. The van der Waals surface area contributed by atoms with Crippen molar-refractivity contribution in [2.75, 3.05) is 38.2 Å². The van der Waals surface area contributed by atoms with Crippen molar-refractivity contribution < 1.29 is 13.9 Å². The monoisotopic (exact) mass is 449 g/mol. The molecule has 0 spiro atoms. The summed E-state index contributed by atoms with van der Waals surface area (Å²) in [6.45, 7) is 3.39. The second-order valence-corrected chi connectivity index (χ2v) is 8.84. The molecule has 0 N–H and O–H groups in total. The van der Waals surface area contributed by atoms with Crippen molar-refractivity contribution in [3.8, 4) is 5.75 Å². The molecule has 164 valence electrons. The summed E-state index contributed by atoms with van der Waals surface area (Å²) >= 11 is 1.63. The van der Waals surface area contributed by atoms with E-state index in [0.717, 1.165) is 40.3 Å². The van der Waals surface area contributed by atoms with E-state index in [9.17, 15) is 9.18 Å². The minimum atomic E-state index is -0.257. The van der Waals surface area contributed by atoms with Gasteiger partial charge in [-0.3, -0.25) is 4.79 Å². The van der Waals surface area contributed by atoms with Crippen LogP contribution in [0.3, 0.4) is 0 Å². The summed E-state index contributed by atoms with van der Waals surface area (Å²) in [6, 6.07) is 18.5. The van der Waals surface area contributed by atoms with Gasteiger partial charge in [0.1, 0.15) is 17.3 Å². The molecule has 1 amide bonds. The lowest BCUT2D eigenvalue weighted by Gasteiger charge is -2.36. The van der Waals surface area contributed by atoms with Gasteiger partial charge in [-0.2, -0.15) is 0 Å². The number of hydrogen-bond acceptors (Lipinski definition) is 4. The number of benzene rings is 2. The molecular weight excluding hydrogens is 425 g/mol. The van der Waals surface area contributed by atoms with Crippen LogP contribution in [-0.4, -0.2) is 48.7 Å². The summed E-state index contributed by atoms with van der Waals surface area (Å²) in [5.74, 6) is 0.618. The number of thiophene rings is 1. The Morgan fingerprint density at radius 2 is 1.81 bits per heavy atom. The first-order valence-electron chi connectivity index (χ1n) is 10.6. The number of ether oxygens (including phenoxy) is 1. The SMILES string of the molecule is COc1cccc(N2CCN(C(=O)c3cc4sccc4n3Cc3ccc(F)cc3)CC2)c1. The number of fused-ring (bicyclic) bond motifs is 1. The molecule has 2 aromatic heterocycles. The molecular formula is C25H24FN3O2S. The largest absolute Gasteiger partial charge is 0.497 e. The van der Waals surface area contributed by atoms with Gasteiger partial charge in [0, 0.05) is 44.5 Å². The maximum atomic E-state index is 13.5. The molecule has 1 aliphatic rings. The van der Waals surface area contributed by atoms with Crippen LogP contribution in [0.5, 0.6) is 5.75 Å². The number of halogens is 1. The van der Waals surface area contributed by atoms with Crippen molar-refractivity contribution in [2.45, 2.75) is 6.54 Å². The molecule has 1 aliphatic heterocycles. The zero-order valence-corrected chi connectivity index (χ0v) is 18.6. The molecule has 2 aromatic carbocycles. The third kappa shape index (κ3) is 3.96. The number of aromatic nitrogens is 1. The van der Waals surface area contributed by atoms with E-state index in [-0.39, 0.29) is 11.7 Å². The molecule has 0 atom stereocenters. The molecule has 7 heteroatoms. The number of rotatable bonds is 5. The second-order valence-electron chi connectivity index (χ2n) is 7.89. The summed E-state index contributed by atoms with van der Waals surface area (Å²) in [5, 5.41) is 2.03. The smallest absolute Gasteiger partial charge is 0.270 e. The highest BCUT2D eigenvalue weighted by Crippen LogP contribution is 2.28. The molecule has 0 saturated carbocycles. The number of carbonyl (C=O) groups excluding carboxylic acids is 1. The Bertz CT molecular complexity index is 1240. The maximum Gasteiger partial charge on any atom is 0.270 e. The summed E-state index contributed by atoms with van der Waals surface area (Å²) in [6.07, 6.45) is 0. The minimum Gasteiger partial charge on any atom is -0.497 e. The minimum absolute atomic E-state index is 0.0424. The quantitative estimate of drug-likeness (QED) is 0.437. The van der Waals surface area contributed by atoms with Crippen LogP contribution in [0.2, 0.25) is 0 Å². The number of anilines is 1. The van der Waals surface area contributed by atoms with Gasteiger partial charge in [-0.1, -0.05) is 18.2 Å². The van der Waals surface area contributed by atoms with Gasteiger partial charge < -0.3 is 19.1 Å². The predicted octanol–water partition coefficient (Wildman–Crippen LogP) is 4.86. The van der Waals surface area contributed by atoms with Gasteiger partial charge in [-0.25, -0.2) is 4.39 Å². The van der Waals surface area contributed by atoms with Gasteiger partial charge >= 0.3 is 0 Å². The zero-order valence-electron chi connectivity index (χ0n) is 17.8. The fraction of sp³-hybridized carbons (Fsp3) is 0.240. The van der Waals surface area contributed by atoms with Crippen molar-refractivity contribution in [1.29, 1.82) is 0 Å². The highest BCUT2D eigenvalue weighted by Gasteiger charge is 2.26. The van der Waals surface area contributed by atoms with Crippen LogP contribution in [0.4, 0.5) is 10.1 Å². The number of hydrogen-bond donors (Lipinski definition) is 0. The molecule has 0 radical (unpaired) electrons. The fourth-order valence-corrected chi connectivity index (χ4v) is 5.06. The van der Waals surface area contributed by atoms with Crippen LogP contribution in [0.25, 0.3) is 10.2 Å². The van der Waals surface area contributed by atoms with Crippen LogP contribution in [0.1, 0.15) is 16.1 Å². The number of piperazine rings is 1. The normalized spacial score (nSPS) is 14.2. The number of carbonyl (C=O) groups is 1. The average Bonchev–Trinajstić information content (AvgIpc) is 3.43. The standard InChI is InChI=1S/C25H24FN3O2S/c1-31-21-4-2-3-20(15-21)27-10-12-28(13-11-27)25(30)23-16-24-22(9-14-32-24)29(23)17-18-5-7-19(26)8-6-18/h2-9,14-16H,10-13,17H2,1H3. The summed E-state index contributed by atoms with van der Waals surface area (Å²) in [5.41, 5.74) is 3.80. The Hall–Kier alpha value is -3.32. The Morgan fingerprint density at radius 1 is 1.03 bits per heavy atom. The molecule has 3 heterocycles. The van der Waals surface area contributed by atoms with E-state index in [4.69, 9.17) is 4.74 Å². The van der Waals surface area contributed by atoms with Crippen LogP contribution in [0, 0.1) is 5.82 Å². The van der Waals surface area contributed by atoms with Gasteiger partial charge in [-0.15, -0.1) is 11.3 Å². The van der Waals surface area contributed by atoms with Crippen LogP contribution >= 0.6 is 11.3 Å². The highest BCUT2D eigenvalue weighted by molar-refractivity contribution is 7.17. The van der Waals surface area contributed by atoms with Gasteiger partial charge in [0.05, 0.1) is 17.3 Å². The van der Waals surface area contributed by atoms with Gasteiger partial charge in [-0.05, 0) is 47.3 Å². The first-order valence-corrected chi connectivity index (χ1v) is 11.5. The van der Waals surface area contributed by atoms with E-state index in [1.807, 2.05) is 40.6 Å². The van der Waals surface area contributed by atoms with Gasteiger partial charge in [0.15, 0.2) is 0 Å². The van der Waals surface area contributed by atoms with E-state index in [1.165, 1.54) is 12.1 Å². The van der Waals surface area contributed by atoms with E-state index in [2.05, 4.69) is 15.5 Å².